The second-order valence-corrected chi connectivity index (χ2v) is 6.49. The molecule has 2 aromatic heterocycles. The van der Waals surface area contributed by atoms with E-state index in [4.69, 9.17) is 4.42 Å². The largest absolute Gasteiger partial charge is 0.425 e. The van der Waals surface area contributed by atoms with Crippen molar-refractivity contribution in [1.82, 2.24) is 20.2 Å². The average molecular weight is 356 g/mol. The molecule has 7 heteroatoms. The first-order valence-electron chi connectivity index (χ1n) is 8.99. The summed E-state index contributed by atoms with van der Waals surface area (Å²) in [7, 11) is 0. The van der Waals surface area contributed by atoms with Gasteiger partial charge in [-0.2, -0.15) is 0 Å². The fraction of sp³-hybridized carbons (Fsp3) is 0.421. The second-order valence-electron chi connectivity index (χ2n) is 6.49. The molecule has 0 saturated carbocycles. The maximum absolute atomic E-state index is 10.7. The van der Waals surface area contributed by atoms with Gasteiger partial charge in [-0.3, -0.25) is 10.0 Å². The van der Waals surface area contributed by atoms with Crippen molar-refractivity contribution in [2.24, 2.45) is 0 Å². The van der Waals surface area contributed by atoms with Gasteiger partial charge in [0.15, 0.2) is 0 Å². The first kappa shape index (κ1) is 18.1. The van der Waals surface area contributed by atoms with Crippen LogP contribution >= 0.6 is 0 Å². The van der Waals surface area contributed by atoms with E-state index in [1.54, 1.807) is 0 Å². The maximum atomic E-state index is 10.7. The summed E-state index contributed by atoms with van der Waals surface area (Å²) < 4.78 is 5.85. The lowest BCUT2D eigenvalue weighted by Crippen LogP contribution is -2.24. The molecule has 0 spiro atoms. The molecular formula is C19H24N4O3. The zero-order chi connectivity index (χ0) is 18.4. The molecule has 7 nitrogen and oxygen atoms in total. The fourth-order valence-corrected chi connectivity index (χ4v) is 3.15. The minimum atomic E-state index is -0.166. The molecule has 0 bridgehead atoms. The molecule has 2 heterocycles. The third kappa shape index (κ3) is 4.29. The number of aromatic nitrogens is 3. The molecule has 3 rings (SSSR count). The van der Waals surface area contributed by atoms with E-state index in [1.807, 2.05) is 24.4 Å². The number of hydroxylamine groups is 2. The van der Waals surface area contributed by atoms with Crippen LogP contribution in [0.15, 0.2) is 34.9 Å². The molecule has 0 fully saturated rings. The molecular weight excluding hydrogens is 332 g/mol. The summed E-state index contributed by atoms with van der Waals surface area (Å²) in [5.74, 6) is 0.832. The topological polar surface area (TPSA) is 95.2 Å². The van der Waals surface area contributed by atoms with Crippen molar-refractivity contribution in [1.29, 1.82) is 0 Å². The number of aromatic amines is 1. The van der Waals surface area contributed by atoms with Crippen molar-refractivity contribution >= 4 is 17.3 Å². The average Bonchev–Trinajstić information content (AvgIpc) is 3.29. The molecule has 26 heavy (non-hydrogen) atoms. The zero-order valence-corrected chi connectivity index (χ0v) is 14.9. The lowest BCUT2D eigenvalue weighted by atomic mass is 10.0. The molecule has 1 aromatic carbocycles. The van der Waals surface area contributed by atoms with Gasteiger partial charge >= 0.3 is 0 Å². The van der Waals surface area contributed by atoms with Crippen LogP contribution in [0.1, 0.15) is 55.9 Å². The van der Waals surface area contributed by atoms with E-state index in [9.17, 15) is 10.0 Å². The summed E-state index contributed by atoms with van der Waals surface area (Å²) in [5, 5.41) is 19.6. The van der Waals surface area contributed by atoms with Crippen molar-refractivity contribution in [2.75, 3.05) is 6.54 Å². The molecule has 2 N–H and O–H groups in total. The molecule has 1 atom stereocenters. The first-order chi connectivity index (χ1) is 12.7. The second kappa shape index (κ2) is 8.62. The number of hydrogen-bond acceptors (Lipinski definition) is 5. The number of rotatable bonds is 10. The number of nitrogens with zero attached hydrogens (tertiary/aromatic N) is 3. The minimum absolute atomic E-state index is 0.155. The number of carbonyl (C=O) groups is 1. The highest BCUT2D eigenvalue weighted by atomic mass is 16.5. The number of unbranched alkanes of at least 4 members (excludes halogenated alkanes) is 2. The highest BCUT2D eigenvalue weighted by Gasteiger charge is 2.21. The summed E-state index contributed by atoms with van der Waals surface area (Å²) in [5.41, 5.74) is 2.16. The lowest BCUT2D eigenvalue weighted by Gasteiger charge is -2.16. The predicted octanol–water partition coefficient (Wildman–Crippen LogP) is 3.65. The summed E-state index contributed by atoms with van der Waals surface area (Å²) >= 11 is 0. The summed E-state index contributed by atoms with van der Waals surface area (Å²) in [6, 6.07) is 8.07. The van der Waals surface area contributed by atoms with Crippen molar-refractivity contribution in [3.05, 3.63) is 47.8 Å². The number of benzene rings is 1. The number of para-hydroxylation sites is 1. The van der Waals surface area contributed by atoms with E-state index in [0.717, 1.165) is 42.1 Å². The van der Waals surface area contributed by atoms with Crippen molar-refractivity contribution in [3.8, 4) is 0 Å². The summed E-state index contributed by atoms with van der Waals surface area (Å²) in [6.07, 6.45) is 6.83. The molecule has 0 radical (unpaired) electrons. The predicted molar refractivity (Wildman–Crippen MR) is 96.8 cm³/mol. The smallest absolute Gasteiger partial charge is 0.233 e. The third-order valence-corrected chi connectivity index (χ3v) is 4.53. The summed E-state index contributed by atoms with van der Waals surface area (Å²) in [4.78, 5) is 14.0. The van der Waals surface area contributed by atoms with E-state index >= 15 is 0 Å². The van der Waals surface area contributed by atoms with Gasteiger partial charge in [0.05, 0.1) is 18.9 Å². The molecule has 0 aliphatic rings. The Labute approximate surface area is 152 Å². The number of H-pyrrole nitrogens is 1. The fourth-order valence-electron chi connectivity index (χ4n) is 3.15. The van der Waals surface area contributed by atoms with Crippen LogP contribution in [0.4, 0.5) is 0 Å². The van der Waals surface area contributed by atoms with Crippen molar-refractivity contribution < 1.29 is 14.4 Å². The van der Waals surface area contributed by atoms with Gasteiger partial charge in [0.2, 0.25) is 18.2 Å². The Hall–Kier alpha value is -2.67. The van der Waals surface area contributed by atoms with Crippen LogP contribution in [0.2, 0.25) is 0 Å². The Morgan fingerprint density at radius 2 is 2.15 bits per heavy atom. The van der Waals surface area contributed by atoms with E-state index in [2.05, 4.69) is 28.2 Å². The zero-order valence-electron chi connectivity index (χ0n) is 14.9. The van der Waals surface area contributed by atoms with Crippen molar-refractivity contribution in [3.63, 3.8) is 0 Å². The Bertz CT molecular complexity index is 842. The molecule has 1 amide bonds. The van der Waals surface area contributed by atoms with E-state index in [0.29, 0.717) is 29.7 Å². The van der Waals surface area contributed by atoms with Crippen LogP contribution in [0, 0.1) is 0 Å². The van der Waals surface area contributed by atoms with Gasteiger partial charge in [0.1, 0.15) is 0 Å². The first-order valence-corrected chi connectivity index (χ1v) is 8.99. The number of nitrogens with one attached hydrogen (secondary N) is 1. The number of hydrogen-bond donors (Lipinski definition) is 2. The van der Waals surface area contributed by atoms with Crippen LogP contribution in [0.3, 0.4) is 0 Å². The van der Waals surface area contributed by atoms with E-state index in [1.165, 1.54) is 0 Å². The Morgan fingerprint density at radius 3 is 2.96 bits per heavy atom. The molecule has 0 unspecified atom stereocenters. The maximum Gasteiger partial charge on any atom is 0.233 e. The van der Waals surface area contributed by atoms with Gasteiger partial charge in [0.25, 0.3) is 0 Å². The van der Waals surface area contributed by atoms with Gasteiger partial charge in [-0.05, 0) is 18.1 Å². The minimum Gasteiger partial charge on any atom is -0.425 e. The number of fused-ring (bicyclic) bond motifs is 1. The number of amides is 1. The van der Waals surface area contributed by atoms with E-state index < -0.39 is 0 Å². The van der Waals surface area contributed by atoms with Crippen LogP contribution in [0.25, 0.3) is 10.9 Å². The molecule has 0 aliphatic heterocycles. The van der Waals surface area contributed by atoms with Crippen LogP contribution in [-0.2, 0) is 11.2 Å². The third-order valence-electron chi connectivity index (χ3n) is 4.53. The Balaban J connectivity index is 1.74. The SMILES string of the molecule is CCCCC[C@H](CN(O)C=O)c1nnc(Cc2c[nH]c3ccccc23)o1. The monoisotopic (exact) mass is 356 g/mol. The molecule has 3 aromatic rings. The van der Waals surface area contributed by atoms with Gasteiger partial charge in [-0.25, -0.2) is 5.06 Å². The van der Waals surface area contributed by atoms with Crippen LogP contribution < -0.4 is 0 Å². The highest BCUT2D eigenvalue weighted by molar-refractivity contribution is 5.83. The lowest BCUT2D eigenvalue weighted by molar-refractivity contribution is -0.151. The standard InChI is InChI=1S/C19H24N4O3/c1-2-3-4-7-14(12-23(25)13-24)19-22-21-18(26-19)10-15-11-20-17-9-6-5-8-16(15)17/h5-6,8-9,11,13-14,20,25H,2-4,7,10,12H2,1H3/t14-/m1/s1. The Morgan fingerprint density at radius 1 is 1.31 bits per heavy atom. The molecule has 138 valence electrons. The van der Waals surface area contributed by atoms with Crippen LogP contribution in [0.5, 0.6) is 0 Å². The highest BCUT2D eigenvalue weighted by Crippen LogP contribution is 2.25. The normalized spacial score (nSPS) is 12.4. The molecule has 0 saturated heterocycles. The molecule has 0 aliphatic carbocycles. The van der Waals surface area contributed by atoms with E-state index in [-0.39, 0.29) is 12.5 Å². The van der Waals surface area contributed by atoms with Gasteiger partial charge < -0.3 is 9.40 Å². The quantitative estimate of drug-likeness (QED) is 0.250. The summed E-state index contributed by atoms with van der Waals surface area (Å²) in [6.45, 7) is 2.28. The van der Waals surface area contributed by atoms with Gasteiger partial charge in [-0.1, -0.05) is 44.4 Å². The Kier molecular flexibility index (Phi) is 6.01. The van der Waals surface area contributed by atoms with Crippen LogP contribution in [-0.4, -0.2) is 38.4 Å². The van der Waals surface area contributed by atoms with Gasteiger partial charge in [0, 0.05) is 17.1 Å². The number of carbonyl (C=O) groups excluding carboxylic acids is 1. The van der Waals surface area contributed by atoms with Crippen molar-refractivity contribution in [2.45, 2.75) is 44.9 Å². The van der Waals surface area contributed by atoms with Gasteiger partial charge in [-0.15, -0.1) is 10.2 Å².